The largest absolute Gasteiger partial charge is 0.327 e. The van der Waals surface area contributed by atoms with Crippen LogP contribution in [0.15, 0.2) is 10.9 Å². The summed E-state index contributed by atoms with van der Waals surface area (Å²) in [6, 6.07) is 1.60. The first kappa shape index (κ1) is 17.0. The molecule has 0 saturated carbocycles. The van der Waals surface area contributed by atoms with Crippen molar-refractivity contribution in [2.24, 2.45) is 0 Å². The number of aromatic nitrogens is 4. The summed E-state index contributed by atoms with van der Waals surface area (Å²) >= 11 is 0. The fourth-order valence-electron chi connectivity index (χ4n) is 4.10. The van der Waals surface area contributed by atoms with Crippen molar-refractivity contribution in [3.8, 4) is 0 Å². The van der Waals surface area contributed by atoms with Crippen molar-refractivity contribution in [3.63, 3.8) is 0 Å². The molecule has 1 unspecified atom stereocenters. The van der Waals surface area contributed by atoms with E-state index in [0.717, 1.165) is 48.6 Å². The van der Waals surface area contributed by atoms with E-state index in [1.54, 1.807) is 11.0 Å². The van der Waals surface area contributed by atoms with Crippen molar-refractivity contribution in [2.45, 2.75) is 65.0 Å². The highest BCUT2D eigenvalue weighted by Gasteiger charge is 2.33. The first-order chi connectivity index (χ1) is 12.5. The van der Waals surface area contributed by atoms with Crippen molar-refractivity contribution in [2.75, 3.05) is 6.54 Å². The van der Waals surface area contributed by atoms with Crippen molar-refractivity contribution in [3.05, 3.63) is 44.9 Å². The van der Waals surface area contributed by atoms with E-state index in [2.05, 4.69) is 33.6 Å². The van der Waals surface area contributed by atoms with Crippen LogP contribution >= 0.6 is 0 Å². The number of hydrogen-bond acceptors (Lipinski definition) is 4. The molecule has 0 saturated heterocycles. The second-order valence-corrected chi connectivity index (χ2v) is 7.62. The molecule has 0 spiro atoms. The zero-order chi connectivity index (χ0) is 18.4. The number of carbonyl (C=O) groups is 1. The average molecular weight is 355 g/mol. The SMILES string of the molecule is CC(C)c1nnc2n1CCN(C(=O)c1cc3c([nH]c1=O)CCCC3)C2C. The number of hydrogen-bond donors (Lipinski definition) is 1. The quantitative estimate of drug-likeness (QED) is 0.895. The molecule has 1 aliphatic heterocycles. The number of pyridine rings is 1. The molecule has 0 radical (unpaired) electrons. The smallest absolute Gasteiger partial charge is 0.261 e. The Morgan fingerprint density at radius 3 is 2.77 bits per heavy atom. The van der Waals surface area contributed by atoms with Gasteiger partial charge in [-0.3, -0.25) is 9.59 Å². The third-order valence-corrected chi connectivity index (χ3v) is 5.56. The molecule has 7 heteroatoms. The Labute approximate surface area is 152 Å². The molecule has 1 atom stereocenters. The normalized spacial score (nSPS) is 19.4. The Kier molecular flexibility index (Phi) is 4.17. The van der Waals surface area contributed by atoms with Crippen molar-refractivity contribution in [1.82, 2.24) is 24.6 Å². The molecule has 0 bridgehead atoms. The molecule has 7 nitrogen and oxygen atoms in total. The minimum atomic E-state index is -0.280. The highest BCUT2D eigenvalue weighted by atomic mass is 16.2. The van der Waals surface area contributed by atoms with Crippen LogP contribution in [0, 0.1) is 0 Å². The van der Waals surface area contributed by atoms with Crippen LogP contribution in [0.2, 0.25) is 0 Å². The lowest BCUT2D eigenvalue weighted by Gasteiger charge is -2.34. The van der Waals surface area contributed by atoms with Gasteiger partial charge >= 0.3 is 0 Å². The second kappa shape index (κ2) is 6.37. The van der Waals surface area contributed by atoms with E-state index < -0.39 is 0 Å². The van der Waals surface area contributed by atoms with Gasteiger partial charge in [0.1, 0.15) is 11.4 Å². The van der Waals surface area contributed by atoms with Gasteiger partial charge in [0.25, 0.3) is 11.5 Å². The third-order valence-electron chi connectivity index (χ3n) is 5.56. The van der Waals surface area contributed by atoms with Crippen LogP contribution in [0.25, 0.3) is 0 Å². The summed E-state index contributed by atoms with van der Waals surface area (Å²) < 4.78 is 2.11. The van der Waals surface area contributed by atoms with Crippen LogP contribution in [-0.2, 0) is 19.4 Å². The van der Waals surface area contributed by atoms with E-state index in [1.807, 2.05) is 6.92 Å². The standard InChI is InChI=1S/C19H25N5O2/c1-11(2)16-21-22-17-12(3)23(8-9-24(16)17)19(26)14-10-13-6-4-5-7-15(13)20-18(14)25/h10-12H,4-9H2,1-3H3,(H,20,25). The van der Waals surface area contributed by atoms with Crippen molar-refractivity contribution >= 4 is 5.91 Å². The number of H-pyrrole nitrogens is 1. The third kappa shape index (κ3) is 2.66. The van der Waals surface area contributed by atoms with Crippen LogP contribution < -0.4 is 5.56 Å². The van der Waals surface area contributed by atoms with E-state index in [0.29, 0.717) is 13.1 Å². The number of nitrogens with zero attached hydrogens (tertiary/aromatic N) is 4. The summed E-state index contributed by atoms with van der Waals surface area (Å²) in [7, 11) is 0. The highest BCUT2D eigenvalue weighted by Crippen LogP contribution is 2.28. The predicted molar refractivity (Wildman–Crippen MR) is 97.3 cm³/mol. The molecule has 26 heavy (non-hydrogen) atoms. The van der Waals surface area contributed by atoms with Gasteiger partial charge in [0.05, 0.1) is 6.04 Å². The summed E-state index contributed by atoms with van der Waals surface area (Å²) in [5.41, 5.74) is 2.06. The number of rotatable bonds is 2. The fraction of sp³-hybridized carbons (Fsp3) is 0.579. The Morgan fingerprint density at radius 1 is 1.23 bits per heavy atom. The molecule has 3 heterocycles. The van der Waals surface area contributed by atoms with Gasteiger partial charge < -0.3 is 14.5 Å². The Morgan fingerprint density at radius 2 is 2.00 bits per heavy atom. The molecule has 1 aliphatic carbocycles. The molecule has 4 rings (SSSR count). The van der Waals surface area contributed by atoms with E-state index in [1.165, 1.54) is 0 Å². The maximum absolute atomic E-state index is 13.1. The van der Waals surface area contributed by atoms with Gasteiger partial charge in [-0.2, -0.15) is 0 Å². The average Bonchev–Trinajstić information content (AvgIpc) is 3.06. The molecule has 1 N–H and O–H groups in total. The van der Waals surface area contributed by atoms with Crippen molar-refractivity contribution < 1.29 is 4.79 Å². The zero-order valence-corrected chi connectivity index (χ0v) is 15.6. The molecule has 138 valence electrons. The van der Waals surface area contributed by atoms with Crippen molar-refractivity contribution in [1.29, 1.82) is 0 Å². The maximum Gasteiger partial charge on any atom is 0.261 e. The predicted octanol–water partition coefficient (Wildman–Crippen LogP) is 2.19. The van der Waals surface area contributed by atoms with Gasteiger partial charge in [-0.05, 0) is 44.2 Å². The Balaban J connectivity index is 1.66. The number of aryl methyl sites for hydroxylation is 2. The number of amides is 1. The van der Waals surface area contributed by atoms with E-state index in [4.69, 9.17) is 0 Å². The summed E-state index contributed by atoms with van der Waals surface area (Å²) in [5, 5.41) is 8.61. The molecule has 2 aliphatic rings. The lowest BCUT2D eigenvalue weighted by Crippen LogP contribution is -2.43. The summed E-state index contributed by atoms with van der Waals surface area (Å²) in [5.74, 6) is 1.81. The topological polar surface area (TPSA) is 83.9 Å². The van der Waals surface area contributed by atoms with Crippen LogP contribution in [0.1, 0.15) is 78.8 Å². The minimum absolute atomic E-state index is 0.202. The Bertz CT molecular complexity index is 911. The Hall–Kier alpha value is -2.44. The van der Waals surface area contributed by atoms with Crippen LogP contribution in [0.3, 0.4) is 0 Å². The highest BCUT2D eigenvalue weighted by molar-refractivity contribution is 5.94. The maximum atomic E-state index is 13.1. The van der Waals surface area contributed by atoms with Gasteiger partial charge in [0.2, 0.25) is 0 Å². The fourth-order valence-corrected chi connectivity index (χ4v) is 4.10. The summed E-state index contributed by atoms with van der Waals surface area (Å²) in [6.45, 7) is 7.35. The van der Waals surface area contributed by atoms with Crippen LogP contribution in [0.4, 0.5) is 0 Å². The van der Waals surface area contributed by atoms with Gasteiger partial charge in [-0.1, -0.05) is 13.8 Å². The minimum Gasteiger partial charge on any atom is -0.327 e. The molecule has 1 amide bonds. The van der Waals surface area contributed by atoms with Gasteiger partial charge in [0, 0.05) is 24.7 Å². The number of carbonyl (C=O) groups excluding carboxylic acids is 1. The molecule has 0 fully saturated rings. The van der Waals surface area contributed by atoms with E-state index in [-0.39, 0.29) is 29.0 Å². The van der Waals surface area contributed by atoms with Gasteiger partial charge in [-0.25, -0.2) is 0 Å². The van der Waals surface area contributed by atoms with Crippen LogP contribution in [0.5, 0.6) is 0 Å². The van der Waals surface area contributed by atoms with E-state index in [9.17, 15) is 9.59 Å². The van der Waals surface area contributed by atoms with Gasteiger partial charge in [0.15, 0.2) is 5.82 Å². The molecule has 0 aromatic carbocycles. The van der Waals surface area contributed by atoms with E-state index >= 15 is 0 Å². The summed E-state index contributed by atoms with van der Waals surface area (Å²) in [4.78, 5) is 30.3. The molecule has 2 aromatic rings. The first-order valence-corrected chi connectivity index (χ1v) is 9.46. The molecular weight excluding hydrogens is 330 g/mol. The first-order valence-electron chi connectivity index (χ1n) is 9.46. The second-order valence-electron chi connectivity index (χ2n) is 7.62. The molecular formula is C19H25N5O2. The molecule has 2 aromatic heterocycles. The zero-order valence-electron chi connectivity index (χ0n) is 15.6. The van der Waals surface area contributed by atoms with Crippen LogP contribution in [-0.4, -0.2) is 37.1 Å². The number of aromatic amines is 1. The lowest BCUT2D eigenvalue weighted by molar-refractivity contribution is 0.0634. The lowest BCUT2D eigenvalue weighted by atomic mass is 9.94. The summed E-state index contributed by atoms with van der Waals surface area (Å²) in [6.07, 6.45) is 4.01. The van der Waals surface area contributed by atoms with Gasteiger partial charge in [-0.15, -0.1) is 10.2 Å². The number of nitrogens with one attached hydrogen (secondary N) is 1. The number of fused-ring (bicyclic) bond motifs is 2. The monoisotopic (exact) mass is 355 g/mol.